The summed E-state index contributed by atoms with van der Waals surface area (Å²) in [6, 6.07) is 0. The molecule has 1 aliphatic rings. The summed E-state index contributed by atoms with van der Waals surface area (Å²) in [5.74, 6) is 2.58. The molecule has 0 bridgehead atoms. The van der Waals surface area contributed by atoms with Gasteiger partial charge in [0.2, 0.25) is 0 Å². The van der Waals surface area contributed by atoms with E-state index in [9.17, 15) is 0 Å². The maximum atomic E-state index is 6.77. The van der Waals surface area contributed by atoms with Gasteiger partial charge in [0.1, 0.15) is 0 Å². The molecule has 0 heterocycles. The maximum absolute atomic E-state index is 6.77. The average molecular weight is 268 g/mol. The molecule has 1 fully saturated rings. The fourth-order valence-electron chi connectivity index (χ4n) is 4.09. The fourth-order valence-corrected chi connectivity index (χ4v) is 4.09. The van der Waals surface area contributed by atoms with Crippen molar-refractivity contribution in [3.63, 3.8) is 0 Å². The van der Waals surface area contributed by atoms with E-state index in [2.05, 4.69) is 27.7 Å². The number of hydrogen-bond acceptors (Lipinski definition) is 1. The molecule has 0 amide bonds. The quantitative estimate of drug-likeness (QED) is 0.615. The van der Waals surface area contributed by atoms with E-state index in [1.54, 1.807) is 0 Å². The number of hydrogen-bond donors (Lipinski definition) is 1. The highest BCUT2D eigenvalue weighted by Gasteiger charge is 2.34. The van der Waals surface area contributed by atoms with Crippen molar-refractivity contribution in [3.05, 3.63) is 0 Å². The first-order valence-electron chi connectivity index (χ1n) is 8.78. The second-order valence-corrected chi connectivity index (χ2v) is 7.57. The van der Waals surface area contributed by atoms with Crippen LogP contribution < -0.4 is 5.73 Å². The van der Waals surface area contributed by atoms with Crippen LogP contribution in [-0.2, 0) is 0 Å². The van der Waals surface area contributed by atoms with Gasteiger partial charge < -0.3 is 5.73 Å². The molecule has 1 saturated carbocycles. The first kappa shape index (κ1) is 17.0. The van der Waals surface area contributed by atoms with Gasteiger partial charge in [-0.15, -0.1) is 0 Å². The monoisotopic (exact) mass is 267 g/mol. The molecular formula is C18H37N. The van der Waals surface area contributed by atoms with E-state index in [0.717, 1.165) is 17.8 Å². The van der Waals surface area contributed by atoms with E-state index < -0.39 is 0 Å². The Bertz CT molecular complexity index is 236. The fraction of sp³-hybridized carbons (Fsp3) is 1.00. The van der Waals surface area contributed by atoms with Crippen LogP contribution in [0.3, 0.4) is 0 Å². The molecule has 0 aliphatic heterocycles. The Kier molecular flexibility index (Phi) is 7.42. The van der Waals surface area contributed by atoms with Gasteiger partial charge in [-0.1, -0.05) is 66.2 Å². The molecule has 0 aromatic carbocycles. The average Bonchev–Trinajstić information content (AvgIpc) is 2.33. The maximum Gasteiger partial charge on any atom is 0.0159 e. The number of unbranched alkanes of at least 4 members (excludes halogenated alkanes) is 1. The highest BCUT2D eigenvalue weighted by molar-refractivity contribution is 4.92. The predicted octanol–water partition coefficient (Wildman–Crippen LogP) is 5.53. The largest absolute Gasteiger partial charge is 0.325 e. The van der Waals surface area contributed by atoms with Crippen molar-refractivity contribution in [1.29, 1.82) is 0 Å². The summed E-state index contributed by atoms with van der Waals surface area (Å²) in [4.78, 5) is 0. The molecule has 1 heteroatoms. The van der Waals surface area contributed by atoms with Crippen LogP contribution in [-0.4, -0.2) is 5.54 Å². The Hall–Kier alpha value is -0.0400. The third kappa shape index (κ3) is 6.29. The number of rotatable bonds is 8. The zero-order valence-corrected chi connectivity index (χ0v) is 13.9. The highest BCUT2D eigenvalue weighted by Crippen LogP contribution is 2.39. The van der Waals surface area contributed by atoms with Crippen molar-refractivity contribution in [2.45, 2.75) is 97.4 Å². The van der Waals surface area contributed by atoms with Crippen molar-refractivity contribution < 1.29 is 0 Å². The summed E-state index contributed by atoms with van der Waals surface area (Å²) in [6.45, 7) is 9.34. The zero-order chi connectivity index (χ0) is 14.3. The van der Waals surface area contributed by atoms with Crippen LogP contribution in [0, 0.1) is 17.8 Å². The SMILES string of the molecule is CCCCC(CC)CC1(N)CCCC(CC(C)C)C1. The van der Waals surface area contributed by atoms with Crippen LogP contribution in [0.2, 0.25) is 0 Å². The molecular weight excluding hydrogens is 230 g/mol. The second-order valence-electron chi connectivity index (χ2n) is 7.57. The van der Waals surface area contributed by atoms with Crippen molar-refractivity contribution in [2.24, 2.45) is 23.5 Å². The Morgan fingerprint density at radius 1 is 1.26 bits per heavy atom. The first-order valence-corrected chi connectivity index (χ1v) is 8.78. The molecule has 3 atom stereocenters. The Labute approximate surface area is 121 Å². The third-order valence-electron chi connectivity index (χ3n) is 5.03. The molecule has 0 aromatic heterocycles. The zero-order valence-electron chi connectivity index (χ0n) is 13.9. The molecule has 0 spiro atoms. The van der Waals surface area contributed by atoms with Crippen LogP contribution in [0.4, 0.5) is 0 Å². The van der Waals surface area contributed by atoms with Crippen molar-refractivity contribution in [3.8, 4) is 0 Å². The topological polar surface area (TPSA) is 26.0 Å². The van der Waals surface area contributed by atoms with Crippen molar-refractivity contribution >= 4 is 0 Å². The van der Waals surface area contributed by atoms with Gasteiger partial charge in [0, 0.05) is 5.54 Å². The summed E-state index contributed by atoms with van der Waals surface area (Å²) in [5.41, 5.74) is 6.93. The van der Waals surface area contributed by atoms with Gasteiger partial charge in [0.15, 0.2) is 0 Å². The van der Waals surface area contributed by atoms with Gasteiger partial charge in [-0.3, -0.25) is 0 Å². The molecule has 1 aliphatic carbocycles. The summed E-state index contributed by atoms with van der Waals surface area (Å²) in [6.07, 6.45) is 13.4. The van der Waals surface area contributed by atoms with Gasteiger partial charge in [0.25, 0.3) is 0 Å². The predicted molar refractivity (Wildman–Crippen MR) is 86.3 cm³/mol. The lowest BCUT2D eigenvalue weighted by Gasteiger charge is -2.41. The Morgan fingerprint density at radius 2 is 2.00 bits per heavy atom. The molecule has 1 rings (SSSR count). The minimum atomic E-state index is 0.159. The van der Waals surface area contributed by atoms with E-state index in [4.69, 9.17) is 5.73 Å². The van der Waals surface area contributed by atoms with E-state index in [1.807, 2.05) is 0 Å². The lowest BCUT2D eigenvalue weighted by Crippen LogP contribution is -2.46. The van der Waals surface area contributed by atoms with Crippen molar-refractivity contribution in [1.82, 2.24) is 0 Å². The van der Waals surface area contributed by atoms with Crippen LogP contribution in [0.5, 0.6) is 0 Å². The molecule has 0 radical (unpaired) electrons. The number of nitrogens with two attached hydrogens (primary N) is 1. The van der Waals surface area contributed by atoms with Gasteiger partial charge in [0.05, 0.1) is 0 Å². The van der Waals surface area contributed by atoms with Crippen LogP contribution in [0.25, 0.3) is 0 Å². The lowest BCUT2D eigenvalue weighted by molar-refractivity contribution is 0.165. The Morgan fingerprint density at radius 3 is 2.58 bits per heavy atom. The Balaban J connectivity index is 2.48. The molecule has 2 N–H and O–H groups in total. The molecule has 114 valence electrons. The van der Waals surface area contributed by atoms with Gasteiger partial charge in [-0.25, -0.2) is 0 Å². The summed E-state index contributed by atoms with van der Waals surface area (Å²) in [7, 11) is 0. The minimum absolute atomic E-state index is 0.159. The molecule has 3 unspecified atom stereocenters. The van der Waals surface area contributed by atoms with E-state index >= 15 is 0 Å². The molecule has 19 heavy (non-hydrogen) atoms. The molecule has 0 aromatic rings. The van der Waals surface area contributed by atoms with E-state index in [1.165, 1.54) is 64.2 Å². The minimum Gasteiger partial charge on any atom is -0.325 e. The van der Waals surface area contributed by atoms with Crippen LogP contribution >= 0.6 is 0 Å². The van der Waals surface area contributed by atoms with Crippen LogP contribution in [0.1, 0.15) is 91.9 Å². The molecule has 0 saturated heterocycles. The van der Waals surface area contributed by atoms with Crippen LogP contribution in [0.15, 0.2) is 0 Å². The van der Waals surface area contributed by atoms with Crippen molar-refractivity contribution in [2.75, 3.05) is 0 Å². The smallest absolute Gasteiger partial charge is 0.0159 e. The highest BCUT2D eigenvalue weighted by atomic mass is 14.7. The first-order chi connectivity index (χ1) is 8.99. The van der Waals surface area contributed by atoms with Gasteiger partial charge in [-0.2, -0.15) is 0 Å². The van der Waals surface area contributed by atoms with E-state index in [0.29, 0.717) is 0 Å². The lowest BCUT2D eigenvalue weighted by atomic mass is 9.69. The normalized spacial score (nSPS) is 29.7. The molecule has 1 nitrogen and oxygen atoms in total. The third-order valence-corrected chi connectivity index (χ3v) is 5.03. The van der Waals surface area contributed by atoms with E-state index in [-0.39, 0.29) is 5.54 Å². The summed E-state index contributed by atoms with van der Waals surface area (Å²) in [5, 5.41) is 0. The summed E-state index contributed by atoms with van der Waals surface area (Å²) >= 11 is 0. The summed E-state index contributed by atoms with van der Waals surface area (Å²) < 4.78 is 0. The second kappa shape index (κ2) is 8.29. The standard InChI is InChI=1S/C18H37N/c1-5-7-9-16(6-2)13-18(19)11-8-10-17(14-18)12-15(3)4/h15-17H,5-14,19H2,1-4H3. The van der Waals surface area contributed by atoms with Gasteiger partial charge >= 0.3 is 0 Å². The van der Waals surface area contributed by atoms with Gasteiger partial charge in [-0.05, 0) is 43.4 Å².